The van der Waals surface area contributed by atoms with Crippen molar-refractivity contribution in [3.05, 3.63) is 23.9 Å². The van der Waals surface area contributed by atoms with E-state index in [1.807, 2.05) is 6.07 Å². The van der Waals surface area contributed by atoms with Gasteiger partial charge in [-0.15, -0.1) is 0 Å². The van der Waals surface area contributed by atoms with Gasteiger partial charge in [-0.25, -0.2) is 32.0 Å². The van der Waals surface area contributed by atoms with Crippen molar-refractivity contribution < 1.29 is 50.6 Å². The number of fused-ring (bicyclic) bond motifs is 5. The molecule has 3 aliphatic carbocycles. The third-order valence-corrected chi connectivity index (χ3v) is 15.8. The highest BCUT2D eigenvalue weighted by Gasteiger charge is 2.65. The van der Waals surface area contributed by atoms with Crippen LogP contribution in [0.5, 0.6) is 11.6 Å². The van der Waals surface area contributed by atoms with Crippen LogP contribution in [0.25, 0.3) is 11.0 Å². The first-order valence-electron chi connectivity index (χ1n) is 21.6. The van der Waals surface area contributed by atoms with Crippen molar-refractivity contribution in [3.8, 4) is 11.6 Å². The van der Waals surface area contributed by atoms with E-state index in [0.717, 1.165) is 32.1 Å². The lowest BCUT2D eigenvalue weighted by molar-refractivity contribution is -0.143. The van der Waals surface area contributed by atoms with E-state index >= 15 is 0 Å². The molecular formula is C43H60F2N6O9S. The van der Waals surface area contributed by atoms with Crippen molar-refractivity contribution in [2.45, 2.75) is 153 Å². The van der Waals surface area contributed by atoms with Crippen molar-refractivity contribution in [1.82, 2.24) is 30.2 Å². The molecule has 2 aromatic rings. The second-order valence-corrected chi connectivity index (χ2v) is 21.7. The SMILES string of the molecule is COc1ccc2nc3c(nc2c1)O[C@H]1CN(C(=O)[C@H](C(C)(C)C)NC(=O)O[C@@H]2C[C@H](C)C[C@H]2CCCCC3)[C@H](C(=O)N[C@]2(C(=O)NS(=O)(=O)C3(C)CC3)C[C@H]2CC(F)F)[C@@H]1C. The molecule has 4 fully saturated rings. The van der Waals surface area contributed by atoms with Gasteiger partial charge in [0.25, 0.3) is 5.91 Å². The van der Waals surface area contributed by atoms with Crippen molar-refractivity contribution >= 4 is 44.9 Å². The van der Waals surface area contributed by atoms with Crippen molar-refractivity contribution in [1.29, 1.82) is 0 Å². The number of amides is 4. The number of rotatable bonds is 8. The number of methoxy groups -OCH3 is 1. The first-order valence-corrected chi connectivity index (χ1v) is 23.1. The molecular weight excluding hydrogens is 815 g/mol. The molecule has 3 saturated carbocycles. The molecule has 9 atom stereocenters. The van der Waals surface area contributed by atoms with Crippen molar-refractivity contribution in [2.24, 2.45) is 29.1 Å². The maximum atomic E-state index is 15.0. The van der Waals surface area contributed by atoms with Gasteiger partial charge in [0.2, 0.25) is 34.1 Å². The van der Waals surface area contributed by atoms with Crippen LogP contribution in [0, 0.1) is 29.1 Å². The first-order chi connectivity index (χ1) is 28.6. The molecule has 18 heteroatoms. The monoisotopic (exact) mass is 874 g/mol. The summed E-state index contributed by atoms with van der Waals surface area (Å²) in [7, 11) is -2.65. The third-order valence-electron chi connectivity index (χ3n) is 13.7. The van der Waals surface area contributed by atoms with Crippen LogP contribution in [0.3, 0.4) is 0 Å². The Balaban J connectivity index is 1.26. The normalized spacial score (nSPS) is 31.7. The smallest absolute Gasteiger partial charge is 0.408 e. The van der Waals surface area contributed by atoms with Gasteiger partial charge in [-0.1, -0.05) is 47.5 Å². The number of carbonyl (C=O) groups excluding carboxylic acids is 4. The van der Waals surface area contributed by atoms with Crippen LogP contribution in [-0.4, -0.2) is 102 Å². The Hall–Kier alpha value is -4.35. The minimum Gasteiger partial charge on any atom is -0.497 e. The van der Waals surface area contributed by atoms with E-state index in [0.29, 0.717) is 54.1 Å². The van der Waals surface area contributed by atoms with Crippen LogP contribution in [-0.2, 0) is 35.6 Å². The lowest BCUT2D eigenvalue weighted by atomic mass is 9.85. The maximum Gasteiger partial charge on any atom is 0.408 e. The predicted octanol–water partition coefficient (Wildman–Crippen LogP) is 5.43. The van der Waals surface area contributed by atoms with Crippen LogP contribution < -0.4 is 24.8 Å². The number of alkyl carbamates (subject to hydrolysis) is 1. The number of hydrogen-bond donors (Lipinski definition) is 3. The molecule has 61 heavy (non-hydrogen) atoms. The fourth-order valence-electron chi connectivity index (χ4n) is 9.47. The van der Waals surface area contributed by atoms with Crippen LogP contribution in [0.4, 0.5) is 13.6 Å². The van der Waals surface area contributed by atoms with E-state index in [9.17, 15) is 36.4 Å². The summed E-state index contributed by atoms with van der Waals surface area (Å²) in [5.74, 6) is -3.17. The summed E-state index contributed by atoms with van der Waals surface area (Å²) in [4.78, 5) is 68.4. The summed E-state index contributed by atoms with van der Waals surface area (Å²) in [6.07, 6.45) is 0.405. The van der Waals surface area contributed by atoms with Gasteiger partial charge in [0.05, 0.1) is 29.4 Å². The van der Waals surface area contributed by atoms with Gasteiger partial charge in [-0.05, 0) is 93.6 Å². The van der Waals surface area contributed by atoms with Gasteiger partial charge in [-0.2, -0.15) is 0 Å². The fraction of sp³-hybridized carbons (Fsp3) is 0.721. The standard InChI is InChI=1S/C43H60F2N6O9S/c1-23-17-25-11-9-8-10-12-29-37(47-30-20-27(58-7)13-14-28(30)46-29)59-32-22-51(38(53)35(41(3,4)5)48-40(55)60-31(25)18-23)34(24(32)2)36(52)49-43(21-26(43)19-33(44)45)39(54)50-61(56,57)42(6)15-16-42/h13-14,20,23-26,31-35H,8-12,15-19,21-22H2,1-7H3,(H,48,55)(H,49,52)(H,50,54)/t23-,24-,25-,26-,31-,32+,34+,35-,43-/m1/s1. The number of halogens is 2. The summed E-state index contributed by atoms with van der Waals surface area (Å²) in [5.41, 5.74) is -1.13. The zero-order valence-corrected chi connectivity index (χ0v) is 36.9. The van der Waals surface area contributed by atoms with E-state index < -0.39 is 92.4 Å². The molecule has 0 radical (unpaired) electrons. The molecule has 4 amide bonds. The third kappa shape index (κ3) is 9.24. The average molecular weight is 875 g/mol. The number of carbonyl (C=O) groups is 4. The van der Waals surface area contributed by atoms with Gasteiger partial charge < -0.3 is 29.7 Å². The van der Waals surface area contributed by atoms with Crippen molar-refractivity contribution in [3.63, 3.8) is 0 Å². The lowest BCUT2D eigenvalue weighted by Gasteiger charge is -2.36. The van der Waals surface area contributed by atoms with Crippen LogP contribution in [0.1, 0.15) is 111 Å². The van der Waals surface area contributed by atoms with Gasteiger partial charge in [0.15, 0.2) is 0 Å². The number of nitrogens with zero attached hydrogens (tertiary/aromatic N) is 3. The largest absolute Gasteiger partial charge is 0.497 e. The average Bonchev–Trinajstić information content (AvgIpc) is 4.02. The minimum atomic E-state index is -4.19. The summed E-state index contributed by atoms with van der Waals surface area (Å²) < 4.78 is 73.1. The molecule has 0 spiro atoms. The van der Waals surface area contributed by atoms with Crippen molar-refractivity contribution in [2.75, 3.05) is 13.7 Å². The summed E-state index contributed by atoms with van der Waals surface area (Å²) >= 11 is 0. The van der Waals surface area contributed by atoms with Gasteiger partial charge in [0, 0.05) is 18.4 Å². The number of aromatic nitrogens is 2. The first kappa shape index (κ1) is 44.7. The number of nitrogens with one attached hydrogen (secondary N) is 3. The number of aryl methyl sites for hydroxylation is 1. The number of sulfonamides is 1. The van der Waals surface area contributed by atoms with E-state index in [1.54, 1.807) is 46.9 Å². The molecule has 3 N–H and O–H groups in total. The molecule has 5 aliphatic rings. The molecule has 1 saturated heterocycles. The van der Waals surface area contributed by atoms with E-state index in [-0.39, 0.29) is 30.9 Å². The highest BCUT2D eigenvalue weighted by molar-refractivity contribution is 7.91. The number of hydrogen-bond acceptors (Lipinski definition) is 11. The lowest BCUT2D eigenvalue weighted by Crippen LogP contribution is -2.61. The second-order valence-electron chi connectivity index (χ2n) is 19.5. The Bertz CT molecular complexity index is 2150. The van der Waals surface area contributed by atoms with Crippen LogP contribution in [0.2, 0.25) is 0 Å². The molecule has 2 bridgehead atoms. The fourth-order valence-corrected chi connectivity index (χ4v) is 10.8. The quantitative estimate of drug-likeness (QED) is 0.306. The Kier molecular flexibility index (Phi) is 12.3. The van der Waals surface area contributed by atoms with E-state index in [2.05, 4.69) is 22.3 Å². The Morgan fingerprint density at radius 3 is 2.46 bits per heavy atom. The zero-order chi connectivity index (χ0) is 44.2. The number of benzene rings is 1. The number of alkyl halides is 2. The molecule has 15 nitrogen and oxygen atoms in total. The zero-order valence-electron chi connectivity index (χ0n) is 36.1. The molecule has 7 rings (SSSR count). The summed E-state index contributed by atoms with van der Waals surface area (Å²) in [6.45, 7) is 10.5. The van der Waals surface area contributed by atoms with Crippen LogP contribution >= 0.6 is 0 Å². The molecule has 1 aromatic heterocycles. The molecule has 1 aromatic carbocycles. The maximum absolute atomic E-state index is 15.0. The summed E-state index contributed by atoms with van der Waals surface area (Å²) in [6, 6.07) is 2.79. The topological polar surface area (TPSA) is 195 Å². The minimum absolute atomic E-state index is 0.147. The van der Waals surface area contributed by atoms with Gasteiger partial charge in [-0.3, -0.25) is 19.1 Å². The number of ether oxygens (including phenoxy) is 3. The van der Waals surface area contributed by atoms with Gasteiger partial charge >= 0.3 is 6.09 Å². The van der Waals surface area contributed by atoms with Crippen LogP contribution in [0.15, 0.2) is 18.2 Å². The van der Waals surface area contributed by atoms with E-state index in [4.69, 9.17) is 24.2 Å². The second kappa shape index (κ2) is 16.7. The highest BCUT2D eigenvalue weighted by atomic mass is 32.2. The Labute approximate surface area is 356 Å². The predicted molar refractivity (Wildman–Crippen MR) is 220 cm³/mol. The van der Waals surface area contributed by atoms with Gasteiger partial charge in [0.1, 0.15) is 41.3 Å². The molecule has 0 unspecified atom stereocenters. The van der Waals surface area contributed by atoms with E-state index in [1.165, 1.54) is 11.8 Å². The Morgan fingerprint density at radius 1 is 1.05 bits per heavy atom. The molecule has 3 heterocycles. The Morgan fingerprint density at radius 2 is 1.79 bits per heavy atom. The summed E-state index contributed by atoms with van der Waals surface area (Å²) in [5, 5.41) is 5.49. The highest BCUT2D eigenvalue weighted by Crippen LogP contribution is 2.49. The molecule has 336 valence electrons. The molecule has 2 aliphatic heterocycles.